The molecule has 0 aromatic carbocycles. The van der Waals surface area contributed by atoms with Crippen LogP contribution >= 0.6 is 11.3 Å². The number of likely N-dealkylation sites (tertiary alicyclic amines) is 1. The van der Waals surface area contributed by atoms with Crippen molar-refractivity contribution >= 4 is 33.7 Å². The van der Waals surface area contributed by atoms with E-state index in [0.717, 1.165) is 89.0 Å². The maximum atomic E-state index is 15.3. The van der Waals surface area contributed by atoms with Crippen LogP contribution in [0.5, 0.6) is 0 Å². The second-order valence-electron chi connectivity index (χ2n) is 12.6. The molecule has 2 unspecified atom stereocenters. The number of anilines is 1. The van der Waals surface area contributed by atoms with E-state index in [1.807, 2.05) is 13.8 Å². The molecular weight excluding hydrogens is 594 g/mol. The molecule has 1 aromatic heterocycles. The Balaban J connectivity index is 0.000000648. The normalized spacial score (nSPS) is 21.3. The SMILES string of the molecule is C/C=C(/F)c1sc(N)c(C#N)c1/C(C1=C(CC)C2N=C(N3CCC(C)C3)NC=C2C2=C1COC2)=C(\C)CC.CC.CCCC(C)C. The average Bonchev–Trinajstić information content (AvgIpc) is 3.80. The lowest BCUT2D eigenvalue weighted by Gasteiger charge is -2.35. The summed E-state index contributed by atoms with van der Waals surface area (Å²) in [4.78, 5) is 8.03. The lowest BCUT2D eigenvalue weighted by Crippen LogP contribution is -2.42. The molecule has 4 heterocycles. The second-order valence-corrected chi connectivity index (χ2v) is 13.7. The molecule has 0 saturated carbocycles. The maximum Gasteiger partial charge on any atom is 0.198 e. The summed E-state index contributed by atoms with van der Waals surface area (Å²) in [6.07, 6.45) is 8.94. The number of hydrogen-bond acceptors (Lipinski definition) is 7. The van der Waals surface area contributed by atoms with Crippen molar-refractivity contribution in [3.05, 3.63) is 61.7 Å². The number of nitrogen functional groups attached to an aromatic ring is 1. The van der Waals surface area contributed by atoms with Crippen LogP contribution in [0.15, 0.2) is 50.7 Å². The fourth-order valence-corrected chi connectivity index (χ4v) is 7.59. The third kappa shape index (κ3) is 7.69. The Labute approximate surface area is 281 Å². The molecule has 252 valence electrons. The highest BCUT2D eigenvalue weighted by atomic mass is 32.1. The summed E-state index contributed by atoms with van der Waals surface area (Å²) < 4.78 is 21.3. The summed E-state index contributed by atoms with van der Waals surface area (Å²) in [5, 5.41) is 14.0. The van der Waals surface area contributed by atoms with Crippen molar-refractivity contribution < 1.29 is 9.13 Å². The number of nitrogens with one attached hydrogen (secondary N) is 1. The monoisotopic (exact) mass is 649 g/mol. The first-order valence-corrected chi connectivity index (χ1v) is 18.1. The zero-order valence-corrected chi connectivity index (χ0v) is 30.7. The molecule has 0 bridgehead atoms. The van der Waals surface area contributed by atoms with E-state index in [-0.39, 0.29) is 11.9 Å². The first-order valence-electron chi connectivity index (χ1n) is 17.3. The van der Waals surface area contributed by atoms with Crippen molar-refractivity contribution in [3.63, 3.8) is 0 Å². The topological polar surface area (TPSA) is 86.7 Å². The Morgan fingerprint density at radius 3 is 2.48 bits per heavy atom. The summed E-state index contributed by atoms with van der Waals surface area (Å²) in [5.74, 6) is 2.08. The molecule has 2 atom stereocenters. The van der Waals surface area contributed by atoms with Gasteiger partial charge in [-0.15, -0.1) is 11.3 Å². The van der Waals surface area contributed by atoms with Gasteiger partial charge in [-0.3, -0.25) is 0 Å². The number of allylic oxidation sites excluding steroid dienone is 3. The van der Waals surface area contributed by atoms with E-state index in [4.69, 9.17) is 15.5 Å². The van der Waals surface area contributed by atoms with E-state index < -0.39 is 0 Å². The van der Waals surface area contributed by atoms with Gasteiger partial charge in [-0.25, -0.2) is 9.38 Å². The molecule has 3 aliphatic heterocycles. The van der Waals surface area contributed by atoms with Crippen molar-refractivity contribution in [2.24, 2.45) is 16.8 Å². The number of nitrogens with zero attached hydrogens (tertiary/aromatic N) is 3. The van der Waals surface area contributed by atoms with Crippen molar-refractivity contribution in [1.82, 2.24) is 10.2 Å². The molecule has 1 saturated heterocycles. The minimum atomic E-state index is -0.364. The van der Waals surface area contributed by atoms with E-state index in [9.17, 15) is 5.26 Å². The number of thiophene rings is 1. The molecule has 0 amide bonds. The second kappa shape index (κ2) is 17.1. The van der Waals surface area contributed by atoms with Gasteiger partial charge in [0.1, 0.15) is 22.9 Å². The molecule has 6 nitrogen and oxygen atoms in total. The minimum absolute atomic E-state index is 0.154. The van der Waals surface area contributed by atoms with Crippen molar-refractivity contribution in [3.8, 4) is 6.07 Å². The lowest BCUT2D eigenvalue weighted by molar-refractivity contribution is 0.206. The van der Waals surface area contributed by atoms with Crippen molar-refractivity contribution in [2.75, 3.05) is 32.0 Å². The largest absolute Gasteiger partial charge is 0.389 e. The molecule has 0 spiro atoms. The van der Waals surface area contributed by atoms with E-state index >= 15 is 4.39 Å². The lowest BCUT2D eigenvalue weighted by atomic mass is 9.73. The molecule has 46 heavy (non-hydrogen) atoms. The molecule has 0 radical (unpaired) electrons. The van der Waals surface area contributed by atoms with Crippen LogP contribution in [-0.4, -0.2) is 43.2 Å². The molecule has 1 aliphatic carbocycles. The van der Waals surface area contributed by atoms with Crippen LogP contribution in [0.1, 0.15) is 117 Å². The van der Waals surface area contributed by atoms with E-state index in [1.165, 1.54) is 24.5 Å². The Morgan fingerprint density at radius 2 is 1.96 bits per heavy atom. The molecule has 3 N–H and O–H groups in total. The van der Waals surface area contributed by atoms with Crippen LogP contribution < -0.4 is 11.1 Å². The van der Waals surface area contributed by atoms with Gasteiger partial charge in [-0.2, -0.15) is 5.26 Å². The number of hydrogen-bond donors (Lipinski definition) is 2. The highest BCUT2D eigenvalue weighted by Gasteiger charge is 2.40. The molecule has 4 aliphatic rings. The number of aliphatic imine (C=N–C) groups is 1. The van der Waals surface area contributed by atoms with Crippen LogP contribution in [0, 0.1) is 23.2 Å². The molecule has 8 heteroatoms. The van der Waals surface area contributed by atoms with E-state index in [0.29, 0.717) is 40.1 Å². The number of nitriles is 1. The fraction of sp³-hybridized carbons (Fsp3) is 0.579. The van der Waals surface area contributed by atoms with Crippen molar-refractivity contribution in [1.29, 1.82) is 5.26 Å². The number of nitrogens with two attached hydrogens (primary N) is 1. The third-order valence-corrected chi connectivity index (χ3v) is 10.0. The Bertz CT molecular complexity index is 1480. The predicted octanol–water partition coefficient (Wildman–Crippen LogP) is 9.78. The summed E-state index contributed by atoms with van der Waals surface area (Å²) >= 11 is 1.15. The summed E-state index contributed by atoms with van der Waals surface area (Å²) in [6.45, 7) is 24.0. The van der Waals surface area contributed by atoms with Crippen molar-refractivity contribution in [2.45, 2.75) is 107 Å². The quantitative estimate of drug-likeness (QED) is 0.307. The third-order valence-electron chi connectivity index (χ3n) is 9.01. The van der Waals surface area contributed by atoms with Gasteiger partial charge < -0.3 is 20.7 Å². The molecule has 5 rings (SSSR count). The highest BCUT2D eigenvalue weighted by molar-refractivity contribution is 7.17. The number of halogens is 1. The Morgan fingerprint density at radius 1 is 1.26 bits per heavy atom. The smallest absolute Gasteiger partial charge is 0.198 e. The average molecular weight is 650 g/mol. The number of fused-ring (bicyclic) bond motifs is 2. The number of ether oxygens (including phenoxy) is 1. The summed E-state index contributed by atoms with van der Waals surface area (Å²) in [7, 11) is 0. The van der Waals surface area contributed by atoms with Gasteiger partial charge in [-0.05, 0) is 72.8 Å². The van der Waals surface area contributed by atoms with Gasteiger partial charge in [0.05, 0.1) is 23.7 Å². The first-order chi connectivity index (χ1) is 22.1. The van der Waals surface area contributed by atoms with Gasteiger partial charge in [0.15, 0.2) is 5.96 Å². The van der Waals surface area contributed by atoms with E-state index in [2.05, 4.69) is 71.0 Å². The number of rotatable bonds is 7. The standard InChI is InChI=1S/C30H36FN5OS.C6H14.C2H6/c1-6-17(5)24(26-19(11-32)29(33)38-28(26)23(31)8-3)25-18(7-2)27-20(21-14-37-15-22(21)25)12-34-30(35-27)36-10-9-16(4)13-36;1-4-5-6(2)3;1-2/h8,12,16,27H,6-7,9-10,13-15,33H2,1-5H3,(H,34,35);6H,4-5H2,1-3H3;1-2H3/b23-8+,24-17+;;. The van der Waals surface area contributed by atoms with Gasteiger partial charge >= 0.3 is 0 Å². The molecule has 1 fully saturated rings. The maximum absolute atomic E-state index is 15.3. The Kier molecular flexibility index (Phi) is 13.9. The molecule has 1 aromatic rings. The zero-order valence-electron chi connectivity index (χ0n) is 29.9. The summed E-state index contributed by atoms with van der Waals surface area (Å²) in [6, 6.07) is 2.14. The zero-order chi connectivity index (χ0) is 34.1. The summed E-state index contributed by atoms with van der Waals surface area (Å²) in [5.41, 5.74) is 14.9. The van der Waals surface area contributed by atoms with Gasteiger partial charge in [0, 0.05) is 30.4 Å². The highest BCUT2D eigenvalue weighted by Crippen LogP contribution is 2.51. The predicted molar refractivity (Wildman–Crippen MR) is 195 cm³/mol. The van der Waals surface area contributed by atoms with Gasteiger partial charge in [-0.1, -0.05) is 79.9 Å². The fourth-order valence-electron chi connectivity index (χ4n) is 6.59. The molecular formula is C38H56FN5OS. The first kappa shape index (κ1) is 37.3. The van der Waals surface area contributed by atoms with Gasteiger partial charge in [0.2, 0.25) is 0 Å². The van der Waals surface area contributed by atoms with E-state index in [1.54, 1.807) is 6.92 Å². The van der Waals surface area contributed by atoms with Gasteiger partial charge in [0.25, 0.3) is 0 Å². The van der Waals surface area contributed by atoms with Crippen LogP contribution in [0.3, 0.4) is 0 Å². The van der Waals surface area contributed by atoms with Crippen LogP contribution in [0.4, 0.5) is 9.39 Å². The van der Waals surface area contributed by atoms with Crippen LogP contribution in [-0.2, 0) is 4.74 Å². The minimum Gasteiger partial charge on any atom is -0.389 e. The van der Waals surface area contributed by atoms with Crippen LogP contribution in [0.2, 0.25) is 0 Å². The number of guanidine groups is 1. The Hall–Kier alpha value is -3.15. The van der Waals surface area contributed by atoms with Crippen LogP contribution in [0.25, 0.3) is 11.4 Å².